The molecule has 9 heteroatoms. The number of aromatic nitrogens is 2. The zero-order chi connectivity index (χ0) is 26.5. The van der Waals surface area contributed by atoms with E-state index in [1.165, 1.54) is 16.9 Å². The van der Waals surface area contributed by atoms with Gasteiger partial charge in [0.25, 0.3) is 0 Å². The van der Waals surface area contributed by atoms with Gasteiger partial charge in [0.15, 0.2) is 0 Å². The van der Waals surface area contributed by atoms with Crippen LogP contribution in [0.25, 0.3) is 10.4 Å². The highest BCUT2D eigenvalue weighted by atomic mass is 32.1. The van der Waals surface area contributed by atoms with Crippen molar-refractivity contribution in [3.63, 3.8) is 0 Å². The molecule has 37 heavy (non-hydrogen) atoms. The van der Waals surface area contributed by atoms with E-state index < -0.39 is 5.60 Å². The number of ether oxygens (including phenoxy) is 1. The Labute approximate surface area is 225 Å². The number of hydrogen-bond acceptors (Lipinski definition) is 7. The van der Waals surface area contributed by atoms with Crippen LogP contribution in [0.1, 0.15) is 60.3 Å². The molecule has 0 aliphatic carbocycles. The van der Waals surface area contributed by atoms with Crippen LogP contribution < -0.4 is 0 Å². The van der Waals surface area contributed by atoms with Crippen LogP contribution in [0.5, 0.6) is 0 Å². The van der Waals surface area contributed by atoms with Gasteiger partial charge in [0, 0.05) is 34.0 Å². The standard InChI is InChI=1S/C17H21NO2S.C11H10N4S/c1-17(2,3)20-15(19)12-14(16-18-9-10-21-16)11-13-7-5-4-6-8-13;12-15-14-10(11-13-6-7-16-11)8-9-4-2-1-3-5-9/h4-10,14H,11-12H2,1-3H3;1-7,10H,8H2/t14-;10-/m10/s1. The molecule has 0 spiro atoms. The fourth-order valence-corrected chi connectivity index (χ4v) is 5.05. The second-order valence-electron chi connectivity index (χ2n) is 9.33. The molecule has 0 aliphatic rings. The number of carbonyl (C=O) groups excluding carboxylic acids is 1. The van der Waals surface area contributed by atoms with Crippen LogP contribution in [-0.2, 0) is 22.4 Å². The summed E-state index contributed by atoms with van der Waals surface area (Å²) in [5.41, 5.74) is 10.5. The summed E-state index contributed by atoms with van der Waals surface area (Å²) in [6, 6.07) is 19.9. The van der Waals surface area contributed by atoms with Crippen LogP contribution in [0.3, 0.4) is 0 Å². The number of thiazole rings is 2. The molecule has 7 nitrogen and oxygen atoms in total. The van der Waals surface area contributed by atoms with Gasteiger partial charge in [0.1, 0.15) is 10.6 Å². The van der Waals surface area contributed by atoms with Crippen molar-refractivity contribution in [2.45, 2.75) is 57.6 Å². The van der Waals surface area contributed by atoms with E-state index in [0.717, 1.165) is 22.0 Å². The van der Waals surface area contributed by atoms with Crippen LogP contribution in [-0.4, -0.2) is 21.5 Å². The minimum Gasteiger partial charge on any atom is -0.460 e. The van der Waals surface area contributed by atoms with E-state index in [1.54, 1.807) is 23.7 Å². The highest BCUT2D eigenvalue weighted by Crippen LogP contribution is 2.27. The van der Waals surface area contributed by atoms with E-state index in [2.05, 4.69) is 32.1 Å². The Hall–Kier alpha value is -3.52. The number of azide groups is 1. The second-order valence-corrected chi connectivity index (χ2v) is 11.2. The summed E-state index contributed by atoms with van der Waals surface area (Å²) in [7, 11) is 0. The summed E-state index contributed by atoms with van der Waals surface area (Å²) < 4.78 is 5.44. The lowest BCUT2D eigenvalue weighted by atomic mass is 9.96. The first-order valence-electron chi connectivity index (χ1n) is 12.0. The van der Waals surface area contributed by atoms with Crippen LogP contribution >= 0.6 is 22.7 Å². The van der Waals surface area contributed by atoms with E-state index in [-0.39, 0.29) is 17.9 Å². The molecule has 2 aromatic carbocycles. The second kappa shape index (κ2) is 14.3. The highest BCUT2D eigenvalue weighted by Gasteiger charge is 2.23. The van der Waals surface area contributed by atoms with Gasteiger partial charge in [-0.15, -0.1) is 22.7 Å². The smallest absolute Gasteiger partial charge is 0.307 e. The Kier molecular flexibility index (Phi) is 10.8. The maximum atomic E-state index is 12.1. The predicted octanol–water partition coefficient (Wildman–Crippen LogP) is 7.94. The predicted molar refractivity (Wildman–Crippen MR) is 150 cm³/mol. The number of nitrogens with zero attached hydrogens (tertiary/aromatic N) is 5. The fourth-order valence-electron chi connectivity index (χ4n) is 3.64. The fraction of sp³-hybridized carbons (Fsp3) is 0.321. The van der Waals surface area contributed by atoms with Gasteiger partial charge in [-0.25, -0.2) is 9.97 Å². The molecular formula is C28H31N5O2S2. The number of hydrogen-bond donors (Lipinski definition) is 0. The molecule has 2 heterocycles. The number of esters is 1. The molecule has 4 rings (SSSR count). The van der Waals surface area contributed by atoms with E-state index in [4.69, 9.17) is 10.3 Å². The molecule has 0 aliphatic heterocycles. The maximum absolute atomic E-state index is 12.1. The Balaban J connectivity index is 0.000000213. The lowest BCUT2D eigenvalue weighted by Crippen LogP contribution is -2.25. The van der Waals surface area contributed by atoms with Crippen molar-refractivity contribution < 1.29 is 9.53 Å². The van der Waals surface area contributed by atoms with Crippen LogP contribution in [0, 0.1) is 0 Å². The lowest BCUT2D eigenvalue weighted by molar-refractivity contribution is -0.155. The van der Waals surface area contributed by atoms with Crippen molar-refractivity contribution in [3.05, 3.63) is 115 Å². The molecule has 4 aromatic rings. The SMILES string of the molecule is CC(C)(C)OC(=O)C[C@@H](Cc1ccccc1)c1nccs1.[N-]=[N+]=N[C@@H](Cc1ccccc1)c1nccs1. The summed E-state index contributed by atoms with van der Waals surface area (Å²) in [5, 5.41) is 9.48. The molecule has 2 atom stereocenters. The monoisotopic (exact) mass is 533 g/mol. The molecule has 0 saturated carbocycles. The third-order valence-corrected chi connectivity index (χ3v) is 6.97. The van der Waals surface area contributed by atoms with E-state index in [1.807, 2.05) is 80.1 Å². The topological polar surface area (TPSA) is 101 Å². The summed E-state index contributed by atoms with van der Waals surface area (Å²) in [4.78, 5) is 23.5. The molecule has 0 bridgehead atoms. The number of benzene rings is 2. The average molecular weight is 534 g/mol. The molecule has 0 amide bonds. The minimum atomic E-state index is -0.447. The minimum absolute atomic E-state index is 0.0715. The Morgan fingerprint density at radius 2 is 1.46 bits per heavy atom. The van der Waals surface area contributed by atoms with E-state index in [9.17, 15) is 4.79 Å². The summed E-state index contributed by atoms with van der Waals surface area (Å²) in [6.07, 6.45) is 5.36. The van der Waals surface area contributed by atoms with Crippen LogP contribution in [0.4, 0.5) is 0 Å². The van der Waals surface area contributed by atoms with Gasteiger partial charge in [-0.2, -0.15) is 0 Å². The molecule has 192 valence electrons. The Morgan fingerprint density at radius 1 is 0.919 bits per heavy atom. The molecular weight excluding hydrogens is 502 g/mol. The van der Waals surface area contributed by atoms with Crippen molar-refractivity contribution in [2.75, 3.05) is 0 Å². The average Bonchev–Trinajstić information content (AvgIpc) is 3.59. The quantitative estimate of drug-likeness (QED) is 0.0943. The van der Waals surface area contributed by atoms with Crippen molar-refractivity contribution in [1.29, 1.82) is 0 Å². The highest BCUT2D eigenvalue weighted by molar-refractivity contribution is 7.09. The van der Waals surface area contributed by atoms with Gasteiger partial charge < -0.3 is 4.74 Å². The number of rotatable bonds is 9. The Bertz CT molecular complexity index is 1230. The van der Waals surface area contributed by atoms with E-state index in [0.29, 0.717) is 12.8 Å². The molecule has 0 saturated heterocycles. The summed E-state index contributed by atoms with van der Waals surface area (Å²) >= 11 is 3.11. The van der Waals surface area contributed by atoms with Crippen molar-refractivity contribution in [1.82, 2.24) is 9.97 Å². The molecule has 0 unspecified atom stereocenters. The largest absolute Gasteiger partial charge is 0.460 e. The van der Waals surface area contributed by atoms with E-state index >= 15 is 0 Å². The third-order valence-electron chi connectivity index (χ3n) is 5.16. The van der Waals surface area contributed by atoms with Crippen molar-refractivity contribution in [2.24, 2.45) is 5.11 Å². The van der Waals surface area contributed by atoms with Gasteiger partial charge in [-0.05, 0) is 50.3 Å². The molecule has 0 radical (unpaired) electrons. The van der Waals surface area contributed by atoms with Gasteiger partial charge in [-0.3, -0.25) is 4.79 Å². The van der Waals surface area contributed by atoms with Crippen molar-refractivity contribution in [3.8, 4) is 0 Å². The molecule has 0 fully saturated rings. The van der Waals surface area contributed by atoms with Crippen LogP contribution in [0.2, 0.25) is 0 Å². The molecule has 0 N–H and O–H groups in total. The van der Waals surface area contributed by atoms with Crippen molar-refractivity contribution >= 4 is 28.6 Å². The zero-order valence-electron chi connectivity index (χ0n) is 21.2. The molecule has 2 aromatic heterocycles. The van der Waals surface area contributed by atoms with Crippen LogP contribution in [0.15, 0.2) is 88.9 Å². The normalized spacial score (nSPS) is 12.4. The van der Waals surface area contributed by atoms with Gasteiger partial charge in [0.05, 0.1) is 17.5 Å². The first-order chi connectivity index (χ1) is 17.8. The van der Waals surface area contributed by atoms with Gasteiger partial charge in [0.2, 0.25) is 0 Å². The zero-order valence-corrected chi connectivity index (χ0v) is 22.9. The van der Waals surface area contributed by atoms with Gasteiger partial charge >= 0.3 is 5.97 Å². The Morgan fingerprint density at radius 3 is 1.95 bits per heavy atom. The summed E-state index contributed by atoms with van der Waals surface area (Å²) in [5.74, 6) is -0.0964. The first kappa shape index (κ1) is 28.1. The maximum Gasteiger partial charge on any atom is 0.307 e. The first-order valence-corrected chi connectivity index (χ1v) is 13.7. The number of carbonyl (C=O) groups is 1. The third kappa shape index (κ3) is 10.2. The lowest BCUT2D eigenvalue weighted by Gasteiger charge is -2.21. The van der Waals surface area contributed by atoms with Gasteiger partial charge in [-0.1, -0.05) is 65.8 Å². The summed E-state index contributed by atoms with van der Waals surface area (Å²) in [6.45, 7) is 5.67.